The molecule has 0 amide bonds. The third-order valence-corrected chi connectivity index (χ3v) is 4.14. The molecule has 1 aliphatic heterocycles. The Labute approximate surface area is 115 Å². The third-order valence-electron chi connectivity index (χ3n) is 4.14. The molecule has 1 aromatic carbocycles. The van der Waals surface area contributed by atoms with E-state index in [1.807, 2.05) is 6.07 Å². The van der Waals surface area contributed by atoms with Gasteiger partial charge in [-0.1, -0.05) is 19.1 Å². The van der Waals surface area contributed by atoms with E-state index >= 15 is 0 Å². The van der Waals surface area contributed by atoms with E-state index in [-0.39, 0.29) is 11.9 Å². The van der Waals surface area contributed by atoms with Crippen molar-refractivity contribution in [2.24, 2.45) is 11.7 Å². The van der Waals surface area contributed by atoms with Gasteiger partial charge < -0.3 is 10.6 Å². The molecule has 2 N–H and O–H groups in total. The summed E-state index contributed by atoms with van der Waals surface area (Å²) in [5, 5.41) is 0. The Balaban J connectivity index is 1.81. The molecule has 0 spiro atoms. The highest BCUT2D eigenvalue weighted by Gasteiger charge is 2.15. The molecule has 1 fully saturated rings. The summed E-state index contributed by atoms with van der Waals surface area (Å²) < 4.78 is 13.2. The maximum Gasteiger partial charge on any atom is 0.123 e. The summed E-state index contributed by atoms with van der Waals surface area (Å²) in [6.45, 7) is 5.71. The fraction of sp³-hybridized carbons (Fsp3) is 0.625. The zero-order valence-electron chi connectivity index (χ0n) is 11.8. The smallest absolute Gasteiger partial charge is 0.123 e. The predicted molar refractivity (Wildman–Crippen MR) is 77.4 cm³/mol. The fourth-order valence-electron chi connectivity index (χ4n) is 2.77. The standard InChI is InChI=1S/C16H25FN2/c1-13-4-3-9-19(10-7-13)11-8-16(18)14-5-2-6-15(17)12-14/h2,5-6,12-13,16H,3-4,7-11,18H2,1H3. The summed E-state index contributed by atoms with van der Waals surface area (Å²) in [4.78, 5) is 2.50. The van der Waals surface area contributed by atoms with Crippen LogP contribution in [0.3, 0.4) is 0 Å². The van der Waals surface area contributed by atoms with Gasteiger partial charge in [-0.2, -0.15) is 0 Å². The Hall–Kier alpha value is -0.930. The summed E-state index contributed by atoms with van der Waals surface area (Å²) in [5.41, 5.74) is 7.06. The Kier molecular flexibility index (Phi) is 5.34. The molecule has 2 atom stereocenters. The van der Waals surface area contributed by atoms with Crippen LogP contribution in [0.2, 0.25) is 0 Å². The number of halogens is 1. The predicted octanol–water partition coefficient (Wildman–Crippen LogP) is 3.34. The van der Waals surface area contributed by atoms with Crippen LogP contribution in [-0.2, 0) is 0 Å². The number of benzene rings is 1. The van der Waals surface area contributed by atoms with Gasteiger partial charge in [-0.15, -0.1) is 0 Å². The van der Waals surface area contributed by atoms with Crippen molar-refractivity contribution in [2.45, 2.75) is 38.6 Å². The number of nitrogens with zero attached hydrogens (tertiary/aromatic N) is 1. The molecular weight excluding hydrogens is 239 g/mol. The van der Waals surface area contributed by atoms with E-state index in [1.54, 1.807) is 12.1 Å². The lowest BCUT2D eigenvalue weighted by Gasteiger charge is -2.22. The van der Waals surface area contributed by atoms with Crippen LogP contribution in [0.5, 0.6) is 0 Å². The summed E-state index contributed by atoms with van der Waals surface area (Å²) in [5.74, 6) is 0.651. The Morgan fingerprint density at radius 2 is 2.21 bits per heavy atom. The second-order valence-electron chi connectivity index (χ2n) is 5.83. The van der Waals surface area contributed by atoms with E-state index in [0.717, 1.165) is 24.4 Å². The molecule has 2 nitrogen and oxygen atoms in total. The van der Waals surface area contributed by atoms with Crippen LogP contribution in [0.4, 0.5) is 4.39 Å². The van der Waals surface area contributed by atoms with Crippen molar-refractivity contribution >= 4 is 0 Å². The second-order valence-corrected chi connectivity index (χ2v) is 5.83. The van der Waals surface area contributed by atoms with Crippen LogP contribution < -0.4 is 5.73 Å². The lowest BCUT2D eigenvalue weighted by atomic mass is 10.0. The molecule has 1 heterocycles. The van der Waals surface area contributed by atoms with Gasteiger partial charge in [0, 0.05) is 6.04 Å². The molecule has 0 bridgehead atoms. The van der Waals surface area contributed by atoms with E-state index in [9.17, 15) is 4.39 Å². The van der Waals surface area contributed by atoms with Crippen molar-refractivity contribution in [3.05, 3.63) is 35.6 Å². The molecule has 0 aliphatic carbocycles. The summed E-state index contributed by atoms with van der Waals surface area (Å²) in [6, 6.07) is 6.61. The van der Waals surface area contributed by atoms with E-state index in [0.29, 0.717) is 0 Å². The van der Waals surface area contributed by atoms with Crippen LogP contribution in [-0.4, -0.2) is 24.5 Å². The fourth-order valence-corrected chi connectivity index (χ4v) is 2.77. The minimum atomic E-state index is -0.198. The van der Waals surface area contributed by atoms with Gasteiger partial charge in [0.15, 0.2) is 0 Å². The zero-order chi connectivity index (χ0) is 13.7. The van der Waals surface area contributed by atoms with Gasteiger partial charge in [0.2, 0.25) is 0 Å². The maximum absolute atomic E-state index is 13.2. The van der Waals surface area contributed by atoms with Crippen molar-refractivity contribution in [1.29, 1.82) is 0 Å². The average molecular weight is 264 g/mol. The van der Waals surface area contributed by atoms with Crippen molar-refractivity contribution < 1.29 is 4.39 Å². The average Bonchev–Trinajstić information content (AvgIpc) is 2.61. The first-order chi connectivity index (χ1) is 9.15. The topological polar surface area (TPSA) is 29.3 Å². The van der Waals surface area contributed by atoms with E-state index in [4.69, 9.17) is 5.73 Å². The van der Waals surface area contributed by atoms with Crippen molar-refractivity contribution in [3.63, 3.8) is 0 Å². The van der Waals surface area contributed by atoms with Crippen LogP contribution in [0.1, 0.15) is 44.2 Å². The van der Waals surface area contributed by atoms with Crippen LogP contribution in [0, 0.1) is 11.7 Å². The molecule has 1 aromatic rings. The lowest BCUT2D eigenvalue weighted by molar-refractivity contribution is 0.270. The largest absolute Gasteiger partial charge is 0.324 e. The number of hydrogen-bond donors (Lipinski definition) is 1. The van der Waals surface area contributed by atoms with Gasteiger partial charge in [-0.05, 0) is 68.9 Å². The number of hydrogen-bond acceptors (Lipinski definition) is 2. The van der Waals surface area contributed by atoms with Crippen LogP contribution in [0.25, 0.3) is 0 Å². The number of nitrogens with two attached hydrogens (primary N) is 1. The number of rotatable bonds is 4. The van der Waals surface area contributed by atoms with E-state index in [1.165, 1.54) is 38.4 Å². The molecular formula is C16H25FN2. The molecule has 2 rings (SSSR count). The second kappa shape index (κ2) is 7.01. The Morgan fingerprint density at radius 1 is 1.37 bits per heavy atom. The molecule has 3 heteroatoms. The molecule has 106 valence electrons. The van der Waals surface area contributed by atoms with E-state index in [2.05, 4.69) is 11.8 Å². The molecule has 19 heavy (non-hydrogen) atoms. The summed E-state index contributed by atoms with van der Waals surface area (Å²) in [7, 11) is 0. The normalized spacial score (nSPS) is 23.0. The molecule has 1 saturated heterocycles. The van der Waals surface area contributed by atoms with Crippen molar-refractivity contribution in [3.8, 4) is 0 Å². The minimum Gasteiger partial charge on any atom is -0.324 e. The Morgan fingerprint density at radius 3 is 3.00 bits per heavy atom. The lowest BCUT2D eigenvalue weighted by Crippen LogP contribution is -2.28. The minimum absolute atomic E-state index is 0.0589. The van der Waals surface area contributed by atoms with Gasteiger partial charge >= 0.3 is 0 Å². The first-order valence-corrected chi connectivity index (χ1v) is 7.38. The molecule has 2 unspecified atom stereocenters. The molecule has 0 saturated carbocycles. The van der Waals surface area contributed by atoms with Gasteiger partial charge in [-0.25, -0.2) is 4.39 Å². The summed E-state index contributed by atoms with van der Waals surface area (Å²) in [6.07, 6.45) is 4.82. The van der Waals surface area contributed by atoms with Gasteiger partial charge in [0.05, 0.1) is 0 Å². The Bertz CT molecular complexity index is 394. The van der Waals surface area contributed by atoms with Gasteiger partial charge in [-0.3, -0.25) is 0 Å². The molecule has 0 radical (unpaired) electrons. The van der Waals surface area contributed by atoms with Crippen molar-refractivity contribution in [1.82, 2.24) is 4.90 Å². The highest BCUT2D eigenvalue weighted by atomic mass is 19.1. The SMILES string of the molecule is CC1CCCN(CCC(N)c2cccc(F)c2)CC1. The highest BCUT2D eigenvalue weighted by Crippen LogP contribution is 2.19. The quantitative estimate of drug-likeness (QED) is 0.903. The summed E-state index contributed by atoms with van der Waals surface area (Å²) >= 11 is 0. The highest BCUT2D eigenvalue weighted by molar-refractivity contribution is 5.19. The molecule has 1 aliphatic rings. The van der Waals surface area contributed by atoms with Crippen molar-refractivity contribution in [2.75, 3.05) is 19.6 Å². The van der Waals surface area contributed by atoms with Gasteiger partial charge in [0.25, 0.3) is 0 Å². The third kappa shape index (κ3) is 4.59. The first-order valence-electron chi connectivity index (χ1n) is 7.38. The maximum atomic E-state index is 13.2. The van der Waals surface area contributed by atoms with E-state index < -0.39 is 0 Å². The molecule has 0 aromatic heterocycles. The van der Waals surface area contributed by atoms with Crippen LogP contribution in [0.15, 0.2) is 24.3 Å². The number of likely N-dealkylation sites (tertiary alicyclic amines) is 1. The van der Waals surface area contributed by atoms with Crippen LogP contribution >= 0.6 is 0 Å². The first kappa shape index (κ1) is 14.5. The van der Waals surface area contributed by atoms with Gasteiger partial charge in [0.1, 0.15) is 5.82 Å². The monoisotopic (exact) mass is 264 g/mol. The zero-order valence-corrected chi connectivity index (χ0v) is 11.8.